The standard InChI is InChI=1S/3C20H24N2O2.CH4/c3*1-13-2-4-14(5-3-13)15-6-8-19(9-7-15)24-20(23)16-10-17(21)12-18(22)11-16;/h6-14H,2-5,21-22H2,1H3;2*2-5,10-12,15,19H,6-9,21-22H2,1H3;1H4. The fraction of sp³-hybridized carbons (Fsp3) is 0.361. The summed E-state index contributed by atoms with van der Waals surface area (Å²) in [4.78, 5) is 36.8. The van der Waals surface area contributed by atoms with Crippen LogP contribution in [0.3, 0.4) is 0 Å². The zero-order valence-electron chi connectivity index (χ0n) is 42.0. The second-order valence-electron chi connectivity index (χ2n) is 20.2. The van der Waals surface area contributed by atoms with Crippen LogP contribution in [0.2, 0.25) is 0 Å². The molecule has 0 amide bonds. The van der Waals surface area contributed by atoms with Gasteiger partial charge in [0.25, 0.3) is 0 Å². The Bertz CT molecular complexity index is 2570. The molecule has 386 valence electrons. The van der Waals surface area contributed by atoms with Gasteiger partial charge in [0.05, 0.1) is 16.7 Å². The second-order valence-corrected chi connectivity index (χ2v) is 20.2. The number of carbonyl (C=O) groups excluding carboxylic acids is 3. The van der Waals surface area contributed by atoms with Gasteiger partial charge < -0.3 is 48.6 Å². The van der Waals surface area contributed by atoms with Gasteiger partial charge in [0.15, 0.2) is 0 Å². The van der Waals surface area contributed by atoms with Crippen LogP contribution in [0.5, 0.6) is 5.75 Å². The highest BCUT2D eigenvalue weighted by Gasteiger charge is 2.27. The van der Waals surface area contributed by atoms with E-state index >= 15 is 0 Å². The number of nitrogens with two attached hydrogens (primary N) is 6. The Labute approximate surface area is 432 Å². The van der Waals surface area contributed by atoms with Gasteiger partial charge in [0, 0.05) is 34.1 Å². The minimum absolute atomic E-state index is 0. The lowest BCUT2D eigenvalue weighted by molar-refractivity contribution is 0.0186. The number of ether oxygens (including phenoxy) is 3. The summed E-state index contributed by atoms with van der Waals surface area (Å²) >= 11 is 0. The number of hydrogen-bond acceptors (Lipinski definition) is 12. The first kappa shape index (κ1) is 54.9. The molecule has 6 aromatic rings. The van der Waals surface area contributed by atoms with Gasteiger partial charge in [0.1, 0.15) is 18.0 Å². The van der Waals surface area contributed by atoms with Crippen molar-refractivity contribution in [1.29, 1.82) is 0 Å². The highest BCUT2D eigenvalue weighted by molar-refractivity contribution is 5.94. The Balaban J connectivity index is 0.000000177. The van der Waals surface area contributed by atoms with Crippen molar-refractivity contribution in [3.8, 4) is 5.75 Å². The molecular weight excluding hydrogens is 913 g/mol. The van der Waals surface area contributed by atoms with E-state index in [1.165, 1.54) is 53.5 Å². The Morgan fingerprint density at radius 2 is 0.658 bits per heavy atom. The van der Waals surface area contributed by atoms with Crippen LogP contribution in [0.25, 0.3) is 0 Å². The maximum atomic E-state index is 12.3. The summed E-state index contributed by atoms with van der Waals surface area (Å²) in [6.07, 6.45) is 12.7. The molecule has 0 radical (unpaired) electrons. The number of nitrogen functional groups attached to an aromatic ring is 6. The van der Waals surface area contributed by atoms with Crippen LogP contribution in [0, 0.1) is 19.8 Å². The smallest absolute Gasteiger partial charge is 0.343 e. The molecule has 73 heavy (non-hydrogen) atoms. The SMILES string of the molecule is C.CC1CCC(c2ccc(OC(=O)c3cc(N)cc(N)c3)cc2)CC1.Cc1ccc(C2CCC(OC(=O)c3cc(N)cc(N)c3)CC2)cc1.Cc1ccc(C2CCC(OC(=O)c3cc(N)cc(N)c3)CC2)cc1. The van der Waals surface area contributed by atoms with Crippen LogP contribution >= 0.6 is 0 Å². The van der Waals surface area contributed by atoms with Gasteiger partial charge in [-0.2, -0.15) is 0 Å². The van der Waals surface area contributed by atoms with Crippen LogP contribution < -0.4 is 39.1 Å². The zero-order valence-corrected chi connectivity index (χ0v) is 42.0. The molecule has 0 bridgehead atoms. The summed E-state index contributed by atoms with van der Waals surface area (Å²) in [5.41, 5.74) is 45.0. The first-order valence-electron chi connectivity index (χ1n) is 25.4. The highest BCUT2D eigenvalue weighted by Crippen LogP contribution is 2.38. The van der Waals surface area contributed by atoms with Gasteiger partial charge in [0.2, 0.25) is 0 Å². The molecule has 12 N–H and O–H groups in total. The third-order valence-corrected chi connectivity index (χ3v) is 14.2. The normalized spacial score (nSPS) is 20.3. The molecular formula is C61H76N6O6. The van der Waals surface area contributed by atoms with E-state index in [0.29, 0.717) is 74.3 Å². The lowest BCUT2D eigenvalue weighted by Gasteiger charge is -2.28. The van der Waals surface area contributed by atoms with Crippen molar-refractivity contribution in [2.75, 3.05) is 34.4 Å². The second kappa shape index (κ2) is 25.8. The van der Waals surface area contributed by atoms with Crippen molar-refractivity contribution in [2.24, 2.45) is 5.92 Å². The Kier molecular flexibility index (Phi) is 19.4. The van der Waals surface area contributed by atoms with Gasteiger partial charge in [-0.15, -0.1) is 0 Å². The lowest BCUT2D eigenvalue weighted by atomic mass is 9.79. The minimum atomic E-state index is -0.451. The summed E-state index contributed by atoms with van der Waals surface area (Å²) in [6.45, 7) is 6.52. The van der Waals surface area contributed by atoms with E-state index in [9.17, 15) is 14.4 Å². The lowest BCUT2D eigenvalue weighted by Crippen LogP contribution is -2.24. The van der Waals surface area contributed by atoms with Crippen molar-refractivity contribution in [3.05, 3.63) is 172 Å². The maximum absolute atomic E-state index is 12.3. The first-order valence-corrected chi connectivity index (χ1v) is 25.4. The van der Waals surface area contributed by atoms with E-state index in [1.54, 1.807) is 54.6 Å². The monoisotopic (exact) mass is 989 g/mol. The molecule has 12 nitrogen and oxygen atoms in total. The van der Waals surface area contributed by atoms with Crippen LogP contribution in [0.4, 0.5) is 34.1 Å². The topological polar surface area (TPSA) is 235 Å². The average molecular weight is 989 g/mol. The minimum Gasteiger partial charge on any atom is -0.459 e. The summed E-state index contributed by atoms with van der Waals surface area (Å²) in [5.74, 6) is 1.99. The van der Waals surface area contributed by atoms with Crippen LogP contribution in [-0.2, 0) is 9.47 Å². The van der Waals surface area contributed by atoms with E-state index in [-0.39, 0.29) is 31.6 Å². The third-order valence-electron chi connectivity index (χ3n) is 14.2. The summed E-state index contributed by atoms with van der Waals surface area (Å²) in [5, 5.41) is 0. The Hall–Kier alpha value is -7.47. The molecule has 3 fully saturated rings. The molecule has 3 aliphatic carbocycles. The van der Waals surface area contributed by atoms with E-state index < -0.39 is 5.97 Å². The number of esters is 3. The van der Waals surface area contributed by atoms with E-state index in [2.05, 4.69) is 81.4 Å². The molecule has 0 atom stereocenters. The van der Waals surface area contributed by atoms with Gasteiger partial charge in [-0.3, -0.25) is 0 Å². The molecule has 0 aliphatic heterocycles. The van der Waals surface area contributed by atoms with Crippen LogP contribution in [0.1, 0.15) is 168 Å². The maximum Gasteiger partial charge on any atom is 0.343 e. The van der Waals surface area contributed by atoms with Crippen molar-refractivity contribution in [2.45, 2.75) is 135 Å². The fourth-order valence-corrected chi connectivity index (χ4v) is 10.1. The number of hydrogen-bond donors (Lipinski definition) is 6. The molecule has 0 heterocycles. The van der Waals surface area contributed by atoms with Crippen molar-refractivity contribution < 1.29 is 28.6 Å². The Morgan fingerprint density at radius 1 is 0.384 bits per heavy atom. The van der Waals surface area contributed by atoms with Gasteiger partial charge in [-0.25, -0.2) is 14.4 Å². The molecule has 12 heteroatoms. The van der Waals surface area contributed by atoms with Gasteiger partial charge in [-0.1, -0.05) is 99.0 Å². The molecule has 0 unspecified atom stereocenters. The van der Waals surface area contributed by atoms with E-state index in [4.69, 9.17) is 48.6 Å². The molecule has 0 saturated heterocycles. The van der Waals surface area contributed by atoms with Crippen molar-refractivity contribution in [1.82, 2.24) is 0 Å². The fourth-order valence-electron chi connectivity index (χ4n) is 10.1. The number of rotatable bonds is 9. The van der Waals surface area contributed by atoms with E-state index in [1.807, 2.05) is 12.1 Å². The zero-order chi connectivity index (χ0) is 51.3. The van der Waals surface area contributed by atoms with E-state index in [0.717, 1.165) is 57.3 Å². The predicted octanol–water partition coefficient (Wildman–Crippen LogP) is 13.1. The molecule has 6 aromatic carbocycles. The number of aryl methyl sites for hydroxylation is 2. The molecule has 0 spiro atoms. The Morgan fingerprint density at radius 3 is 0.973 bits per heavy atom. The molecule has 9 rings (SSSR count). The number of anilines is 6. The van der Waals surface area contributed by atoms with Crippen molar-refractivity contribution >= 4 is 52.0 Å². The predicted molar refractivity (Wildman–Crippen MR) is 297 cm³/mol. The average Bonchev–Trinajstić information content (AvgIpc) is 3.35. The molecule has 0 aromatic heterocycles. The van der Waals surface area contributed by atoms with Gasteiger partial charge in [-0.05, 0) is 185 Å². The quantitative estimate of drug-likeness (QED) is 0.0451. The number of benzene rings is 6. The summed E-state index contributed by atoms with van der Waals surface area (Å²) in [6, 6.07) is 39.8. The number of carbonyl (C=O) groups is 3. The van der Waals surface area contributed by atoms with Crippen LogP contribution in [-0.4, -0.2) is 30.1 Å². The highest BCUT2D eigenvalue weighted by atomic mass is 16.5. The van der Waals surface area contributed by atoms with Gasteiger partial charge >= 0.3 is 17.9 Å². The summed E-state index contributed by atoms with van der Waals surface area (Å²) in [7, 11) is 0. The first-order chi connectivity index (χ1) is 34.5. The largest absolute Gasteiger partial charge is 0.459 e. The molecule has 3 saturated carbocycles. The van der Waals surface area contributed by atoms with Crippen molar-refractivity contribution in [3.63, 3.8) is 0 Å². The van der Waals surface area contributed by atoms with Crippen LogP contribution in [0.15, 0.2) is 127 Å². The third kappa shape index (κ3) is 16.3. The summed E-state index contributed by atoms with van der Waals surface area (Å²) < 4.78 is 16.7. The molecule has 3 aliphatic rings.